The van der Waals surface area contributed by atoms with Gasteiger partial charge in [0, 0.05) is 22.2 Å². The van der Waals surface area contributed by atoms with Crippen LogP contribution < -0.4 is 0 Å². The molecule has 4 aromatic rings. The van der Waals surface area contributed by atoms with E-state index in [2.05, 4.69) is 10.1 Å². The van der Waals surface area contributed by atoms with Crippen molar-refractivity contribution in [2.45, 2.75) is 0 Å². The topological polar surface area (TPSA) is 30.7 Å². The van der Waals surface area contributed by atoms with Crippen molar-refractivity contribution in [2.75, 3.05) is 0 Å². The van der Waals surface area contributed by atoms with Crippen LogP contribution in [0, 0.1) is 0 Å². The van der Waals surface area contributed by atoms with Crippen LogP contribution in [0.4, 0.5) is 0 Å². The maximum absolute atomic E-state index is 6.04. The van der Waals surface area contributed by atoms with Gasteiger partial charge in [-0.1, -0.05) is 41.9 Å². The minimum absolute atomic E-state index is 0.695. The Hall–Kier alpha value is -2.91. The van der Waals surface area contributed by atoms with E-state index in [1.54, 1.807) is 0 Å². The second-order valence-corrected chi connectivity index (χ2v) is 5.90. The normalized spacial score (nSPS) is 11.4. The molecule has 0 atom stereocenters. The van der Waals surface area contributed by atoms with Crippen molar-refractivity contribution < 1.29 is 0 Å². The van der Waals surface area contributed by atoms with Crippen LogP contribution in [-0.2, 0) is 0 Å². The third-order valence-electron chi connectivity index (χ3n) is 3.75. The molecule has 0 saturated carbocycles. The Morgan fingerprint density at radius 1 is 0.917 bits per heavy atom. The number of para-hydroxylation sites is 1. The molecule has 2 aromatic carbocycles. The zero-order chi connectivity index (χ0) is 16.4. The number of hydrogen-bond acceptors (Lipinski definition) is 2. The first kappa shape index (κ1) is 14.7. The van der Waals surface area contributed by atoms with Crippen LogP contribution in [0.2, 0.25) is 5.02 Å². The molecule has 2 heterocycles. The number of nitrogens with zero attached hydrogens (tertiary/aromatic N) is 3. The summed E-state index contributed by atoms with van der Waals surface area (Å²) in [4.78, 5) is 4.62. The highest BCUT2D eigenvalue weighted by molar-refractivity contribution is 6.31. The van der Waals surface area contributed by atoms with E-state index in [-0.39, 0.29) is 0 Å². The molecular formula is C20H14ClN3. The molecule has 0 aliphatic rings. The smallest absolute Gasteiger partial charge is 0.0724 e. The van der Waals surface area contributed by atoms with Gasteiger partial charge in [-0.2, -0.15) is 5.10 Å². The van der Waals surface area contributed by atoms with Gasteiger partial charge in [0.25, 0.3) is 0 Å². The number of benzene rings is 2. The van der Waals surface area contributed by atoms with E-state index in [1.165, 1.54) is 0 Å². The van der Waals surface area contributed by atoms with Gasteiger partial charge in [-0.25, -0.2) is 9.67 Å². The molecule has 0 saturated heterocycles. The fraction of sp³-hybridized carbons (Fsp3) is 0. The van der Waals surface area contributed by atoms with E-state index in [0.717, 1.165) is 27.8 Å². The Morgan fingerprint density at radius 2 is 1.75 bits per heavy atom. The van der Waals surface area contributed by atoms with Gasteiger partial charge in [-0.15, -0.1) is 0 Å². The van der Waals surface area contributed by atoms with Crippen LogP contribution in [0.3, 0.4) is 0 Å². The number of halogens is 1. The molecule has 0 aliphatic heterocycles. The predicted octanol–water partition coefficient (Wildman–Crippen LogP) is 5.24. The molecule has 0 amide bonds. The quantitative estimate of drug-likeness (QED) is 0.513. The van der Waals surface area contributed by atoms with Crippen molar-refractivity contribution in [1.82, 2.24) is 14.8 Å². The SMILES string of the molecule is Clc1ccc2ccc(/C=C/c3cnn(-c4ccccc4)c3)nc2c1. The van der Waals surface area contributed by atoms with E-state index in [1.807, 2.05) is 89.9 Å². The fourth-order valence-corrected chi connectivity index (χ4v) is 2.69. The van der Waals surface area contributed by atoms with E-state index in [0.29, 0.717) is 5.02 Å². The first-order valence-corrected chi connectivity index (χ1v) is 8.00. The van der Waals surface area contributed by atoms with E-state index in [4.69, 9.17) is 11.6 Å². The lowest BCUT2D eigenvalue weighted by atomic mass is 10.2. The van der Waals surface area contributed by atoms with Gasteiger partial charge >= 0.3 is 0 Å². The number of hydrogen-bond donors (Lipinski definition) is 0. The van der Waals surface area contributed by atoms with Crippen molar-refractivity contribution in [3.8, 4) is 5.69 Å². The number of rotatable bonds is 3. The number of pyridine rings is 1. The number of fused-ring (bicyclic) bond motifs is 1. The first-order chi connectivity index (χ1) is 11.8. The molecule has 0 aliphatic carbocycles. The van der Waals surface area contributed by atoms with Crippen molar-refractivity contribution in [2.24, 2.45) is 0 Å². The monoisotopic (exact) mass is 331 g/mol. The summed E-state index contributed by atoms with van der Waals surface area (Å²) in [6, 6.07) is 19.8. The summed E-state index contributed by atoms with van der Waals surface area (Å²) < 4.78 is 1.85. The lowest BCUT2D eigenvalue weighted by molar-refractivity contribution is 0.880. The minimum Gasteiger partial charge on any atom is -0.248 e. The van der Waals surface area contributed by atoms with Gasteiger partial charge in [0.15, 0.2) is 0 Å². The molecule has 0 N–H and O–H groups in total. The summed E-state index contributed by atoms with van der Waals surface area (Å²) in [7, 11) is 0. The van der Waals surface area contributed by atoms with Crippen LogP contribution in [0.15, 0.2) is 73.1 Å². The summed E-state index contributed by atoms with van der Waals surface area (Å²) >= 11 is 6.04. The maximum Gasteiger partial charge on any atom is 0.0724 e. The van der Waals surface area contributed by atoms with Crippen molar-refractivity contribution in [3.05, 3.63) is 89.3 Å². The van der Waals surface area contributed by atoms with Crippen LogP contribution >= 0.6 is 11.6 Å². The molecule has 0 fully saturated rings. The molecular weight excluding hydrogens is 318 g/mol. The van der Waals surface area contributed by atoms with Crippen LogP contribution in [-0.4, -0.2) is 14.8 Å². The van der Waals surface area contributed by atoms with Crippen LogP contribution in [0.1, 0.15) is 11.3 Å². The molecule has 4 heteroatoms. The van der Waals surface area contributed by atoms with Gasteiger partial charge in [0.1, 0.15) is 0 Å². The lowest BCUT2D eigenvalue weighted by Crippen LogP contribution is -1.92. The Kier molecular flexibility index (Phi) is 3.85. The zero-order valence-electron chi connectivity index (χ0n) is 12.8. The average molecular weight is 332 g/mol. The third-order valence-corrected chi connectivity index (χ3v) is 3.98. The molecule has 0 radical (unpaired) electrons. The second kappa shape index (κ2) is 6.30. The highest BCUT2D eigenvalue weighted by Gasteiger charge is 1.99. The fourth-order valence-electron chi connectivity index (χ4n) is 2.53. The number of aromatic nitrogens is 3. The standard InChI is InChI=1S/C20H14ClN3/c21-17-9-7-16-8-11-18(23-20(16)12-17)10-6-15-13-22-24(14-15)19-4-2-1-3-5-19/h1-14H/b10-6+. The largest absolute Gasteiger partial charge is 0.248 e. The Bertz CT molecular complexity index is 1020. The van der Waals surface area contributed by atoms with E-state index < -0.39 is 0 Å². The van der Waals surface area contributed by atoms with Crippen molar-refractivity contribution in [3.63, 3.8) is 0 Å². The molecule has 3 nitrogen and oxygen atoms in total. The predicted molar refractivity (Wildman–Crippen MR) is 99.2 cm³/mol. The highest BCUT2D eigenvalue weighted by atomic mass is 35.5. The third kappa shape index (κ3) is 3.07. The molecule has 24 heavy (non-hydrogen) atoms. The second-order valence-electron chi connectivity index (χ2n) is 5.46. The van der Waals surface area contributed by atoms with Gasteiger partial charge < -0.3 is 0 Å². The van der Waals surface area contributed by atoms with Crippen molar-refractivity contribution in [1.29, 1.82) is 0 Å². The molecule has 0 spiro atoms. The highest BCUT2D eigenvalue weighted by Crippen LogP contribution is 2.19. The molecule has 0 bridgehead atoms. The molecule has 2 aromatic heterocycles. The first-order valence-electron chi connectivity index (χ1n) is 7.62. The Morgan fingerprint density at radius 3 is 2.62 bits per heavy atom. The van der Waals surface area contributed by atoms with E-state index in [9.17, 15) is 0 Å². The zero-order valence-corrected chi connectivity index (χ0v) is 13.6. The van der Waals surface area contributed by atoms with E-state index >= 15 is 0 Å². The Labute approximate surface area is 144 Å². The van der Waals surface area contributed by atoms with Gasteiger partial charge in [-0.05, 0) is 42.5 Å². The summed E-state index contributed by atoms with van der Waals surface area (Å²) in [5.41, 5.74) is 3.84. The molecule has 0 unspecified atom stereocenters. The lowest BCUT2D eigenvalue weighted by Gasteiger charge is -1.99. The summed E-state index contributed by atoms with van der Waals surface area (Å²) in [6.07, 6.45) is 7.81. The average Bonchev–Trinajstić information content (AvgIpc) is 3.09. The maximum atomic E-state index is 6.04. The minimum atomic E-state index is 0.695. The summed E-state index contributed by atoms with van der Waals surface area (Å²) in [5.74, 6) is 0. The summed E-state index contributed by atoms with van der Waals surface area (Å²) in [6.45, 7) is 0. The molecule has 116 valence electrons. The van der Waals surface area contributed by atoms with Gasteiger partial charge in [0.05, 0.1) is 23.1 Å². The van der Waals surface area contributed by atoms with Crippen LogP contribution in [0.5, 0.6) is 0 Å². The Balaban J connectivity index is 1.60. The van der Waals surface area contributed by atoms with Crippen molar-refractivity contribution >= 4 is 34.7 Å². The van der Waals surface area contributed by atoms with Gasteiger partial charge in [-0.3, -0.25) is 0 Å². The van der Waals surface area contributed by atoms with Gasteiger partial charge in [0.2, 0.25) is 0 Å². The summed E-state index contributed by atoms with van der Waals surface area (Å²) in [5, 5.41) is 6.16. The molecule has 4 rings (SSSR count). The van der Waals surface area contributed by atoms with Crippen LogP contribution in [0.25, 0.3) is 28.7 Å².